The molecule has 1 saturated heterocycles. The van der Waals surface area contributed by atoms with E-state index < -0.39 is 5.60 Å². The Morgan fingerprint density at radius 2 is 2.33 bits per heavy atom. The van der Waals surface area contributed by atoms with Crippen LogP contribution in [0, 0.1) is 12.7 Å². The summed E-state index contributed by atoms with van der Waals surface area (Å²) >= 11 is 0. The summed E-state index contributed by atoms with van der Waals surface area (Å²) in [4.78, 5) is 16.2. The van der Waals surface area contributed by atoms with E-state index in [-0.39, 0.29) is 17.8 Å². The number of ether oxygens (including phenoxy) is 2. The molecule has 1 fully saturated rings. The van der Waals surface area contributed by atoms with Gasteiger partial charge in [-0.05, 0) is 25.8 Å². The van der Waals surface area contributed by atoms with Gasteiger partial charge in [0.1, 0.15) is 28.7 Å². The van der Waals surface area contributed by atoms with E-state index >= 15 is 0 Å². The Hall–Kier alpha value is -2.21. The molecule has 3 heterocycles. The third-order valence-electron chi connectivity index (χ3n) is 5.08. The quantitative estimate of drug-likeness (QED) is 0.813. The van der Waals surface area contributed by atoms with Gasteiger partial charge < -0.3 is 14.8 Å². The van der Waals surface area contributed by atoms with Crippen molar-refractivity contribution < 1.29 is 18.7 Å². The van der Waals surface area contributed by atoms with Crippen LogP contribution in [0.4, 0.5) is 4.39 Å². The fourth-order valence-electron chi connectivity index (χ4n) is 3.84. The van der Waals surface area contributed by atoms with Crippen molar-refractivity contribution >= 4 is 16.9 Å². The molecule has 2 aliphatic heterocycles. The van der Waals surface area contributed by atoms with Crippen LogP contribution >= 0.6 is 0 Å². The molecule has 1 spiro atoms. The number of carbonyl (C=O) groups excluding carboxylic acids is 1. The minimum absolute atomic E-state index is 0.267. The smallest absolute Gasteiger partial charge is 0.323 e. The Balaban J connectivity index is 1.73. The van der Waals surface area contributed by atoms with Crippen molar-refractivity contribution in [3.05, 3.63) is 35.3 Å². The normalized spacial score (nSPS) is 25.5. The predicted octanol–water partition coefficient (Wildman–Crippen LogP) is 2.28. The Bertz CT molecular complexity index is 839. The molecule has 5 nitrogen and oxygen atoms in total. The number of carbonyl (C=O) groups is 1. The second-order valence-electron chi connectivity index (χ2n) is 6.59. The number of nitrogens with zero attached hydrogens (tertiary/aromatic N) is 1. The number of aromatic nitrogens is 1. The topological polar surface area (TPSA) is 60.5 Å². The number of pyridine rings is 1. The lowest BCUT2D eigenvalue weighted by Crippen LogP contribution is -2.42. The Kier molecular flexibility index (Phi) is 3.46. The van der Waals surface area contributed by atoms with E-state index in [4.69, 9.17) is 9.47 Å². The highest BCUT2D eigenvalue weighted by molar-refractivity contribution is 5.85. The number of fused-ring (bicyclic) bond motifs is 3. The molecule has 0 saturated carbocycles. The number of esters is 1. The van der Waals surface area contributed by atoms with Crippen LogP contribution in [0.1, 0.15) is 24.1 Å². The van der Waals surface area contributed by atoms with Gasteiger partial charge >= 0.3 is 5.97 Å². The van der Waals surface area contributed by atoms with Crippen LogP contribution in [-0.4, -0.2) is 36.3 Å². The number of hydrogen-bond acceptors (Lipinski definition) is 5. The van der Waals surface area contributed by atoms with Crippen molar-refractivity contribution in [3.63, 3.8) is 0 Å². The summed E-state index contributed by atoms with van der Waals surface area (Å²) < 4.78 is 25.2. The van der Waals surface area contributed by atoms with Crippen LogP contribution < -0.4 is 10.1 Å². The lowest BCUT2D eigenvalue weighted by Gasteiger charge is -2.36. The molecule has 0 amide bonds. The lowest BCUT2D eigenvalue weighted by atomic mass is 9.87. The number of aryl methyl sites for hydroxylation is 2. The summed E-state index contributed by atoms with van der Waals surface area (Å²) in [6.45, 7) is 2.43. The fraction of sp³-hybridized carbons (Fsp3) is 0.444. The van der Waals surface area contributed by atoms with Gasteiger partial charge in [-0.25, -0.2) is 9.37 Å². The van der Waals surface area contributed by atoms with Crippen LogP contribution in [0.15, 0.2) is 18.2 Å². The summed E-state index contributed by atoms with van der Waals surface area (Å²) in [6, 6.07) is 4.66. The summed E-state index contributed by atoms with van der Waals surface area (Å²) in [6.07, 6.45) is 2.11. The highest BCUT2D eigenvalue weighted by Gasteiger charge is 2.46. The van der Waals surface area contributed by atoms with Gasteiger partial charge in [-0.2, -0.15) is 0 Å². The summed E-state index contributed by atoms with van der Waals surface area (Å²) in [7, 11) is 1.39. The first-order valence-electron chi connectivity index (χ1n) is 8.11. The van der Waals surface area contributed by atoms with E-state index in [0.29, 0.717) is 24.2 Å². The molecular weight excluding hydrogens is 311 g/mol. The zero-order valence-electron chi connectivity index (χ0n) is 13.7. The molecule has 2 aliphatic rings. The maximum absolute atomic E-state index is 14.0. The number of nitrogens with one attached hydrogen (secondary N) is 1. The van der Waals surface area contributed by atoms with Gasteiger partial charge in [0.15, 0.2) is 0 Å². The molecule has 24 heavy (non-hydrogen) atoms. The summed E-state index contributed by atoms with van der Waals surface area (Å²) in [5, 5.41) is 3.99. The lowest BCUT2D eigenvalue weighted by molar-refractivity contribution is -0.143. The van der Waals surface area contributed by atoms with Crippen LogP contribution in [0.5, 0.6) is 5.75 Å². The molecule has 2 atom stereocenters. The molecule has 4 rings (SSSR count). The van der Waals surface area contributed by atoms with Gasteiger partial charge in [0.2, 0.25) is 0 Å². The number of rotatable bonds is 1. The molecular formula is C18H19FN2O3. The van der Waals surface area contributed by atoms with E-state index in [9.17, 15) is 9.18 Å². The number of methoxy groups -OCH3 is 1. The van der Waals surface area contributed by atoms with Crippen molar-refractivity contribution in [1.82, 2.24) is 10.3 Å². The molecule has 0 bridgehead atoms. The van der Waals surface area contributed by atoms with Gasteiger partial charge in [0, 0.05) is 23.9 Å². The number of hydrogen-bond donors (Lipinski definition) is 1. The Morgan fingerprint density at radius 3 is 3.12 bits per heavy atom. The minimum atomic E-state index is -0.431. The summed E-state index contributed by atoms with van der Waals surface area (Å²) in [5.41, 5.74) is 1.65. The van der Waals surface area contributed by atoms with E-state index in [2.05, 4.69) is 10.3 Å². The second-order valence-corrected chi connectivity index (χ2v) is 6.59. The zero-order valence-corrected chi connectivity index (χ0v) is 13.7. The second kappa shape index (κ2) is 5.41. The highest BCUT2D eigenvalue weighted by Crippen LogP contribution is 2.42. The first-order chi connectivity index (χ1) is 11.5. The van der Waals surface area contributed by atoms with Gasteiger partial charge in [-0.3, -0.25) is 4.79 Å². The maximum Gasteiger partial charge on any atom is 0.323 e. The molecule has 1 N–H and O–H groups in total. The fourth-order valence-corrected chi connectivity index (χ4v) is 3.84. The zero-order chi connectivity index (χ0) is 16.9. The Labute approximate surface area is 139 Å². The van der Waals surface area contributed by atoms with Gasteiger partial charge in [0.05, 0.1) is 12.8 Å². The largest absolute Gasteiger partial charge is 0.484 e. The van der Waals surface area contributed by atoms with Crippen molar-refractivity contribution in [2.75, 3.05) is 13.7 Å². The average Bonchev–Trinajstić information content (AvgIpc) is 2.99. The highest BCUT2D eigenvalue weighted by atomic mass is 19.1. The standard InChI is InChI=1S/C18H19FN2O3/c1-10-16-12(11-4-3-5-13(19)15(11)21-10)6-7-18(24-16)8-14(20-9-18)17(22)23-2/h3-5,14,20H,6-9H2,1-2H3. The van der Waals surface area contributed by atoms with E-state index in [0.717, 1.165) is 29.5 Å². The molecule has 126 valence electrons. The van der Waals surface area contributed by atoms with Crippen molar-refractivity contribution in [3.8, 4) is 5.75 Å². The Morgan fingerprint density at radius 1 is 1.50 bits per heavy atom. The average molecular weight is 330 g/mol. The molecule has 2 aromatic rings. The van der Waals surface area contributed by atoms with E-state index in [1.807, 2.05) is 13.0 Å². The van der Waals surface area contributed by atoms with Gasteiger partial charge in [0.25, 0.3) is 0 Å². The van der Waals surface area contributed by atoms with Gasteiger partial charge in [-0.1, -0.05) is 12.1 Å². The van der Waals surface area contributed by atoms with Crippen LogP contribution in [0.25, 0.3) is 10.9 Å². The maximum atomic E-state index is 14.0. The molecule has 1 aromatic carbocycles. The number of benzene rings is 1. The predicted molar refractivity (Wildman–Crippen MR) is 86.5 cm³/mol. The number of halogens is 1. The molecule has 1 aromatic heterocycles. The van der Waals surface area contributed by atoms with Crippen LogP contribution in [0.2, 0.25) is 0 Å². The van der Waals surface area contributed by atoms with Gasteiger partial charge in [-0.15, -0.1) is 0 Å². The summed E-state index contributed by atoms with van der Waals surface area (Å²) in [5.74, 6) is 0.148. The molecule has 6 heteroatoms. The third kappa shape index (κ3) is 2.24. The molecule has 2 unspecified atom stereocenters. The first-order valence-corrected chi connectivity index (χ1v) is 8.11. The first kappa shape index (κ1) is 15.3. The number of para-hydroxylation sites is 1. The minimum Gasteiger partial charge on any atom is -0.484 e. The monoisotopic (exact) mass is 330 g/mol. The third-order valence-corrected chi connectivity index (χ3v) is 5.08. The molecule has 0 aliphatic carbocycles. The van der Waals surface area contributed by atoms with Crippen molar-refractivity contribution in [2.45, 2.75) is 37.8 Å². The van der Waals surface area contributed by atoms with E-state index in [1.54, 1.807) is 6.07 Å². The van der Waals surface area contributed by atoms with Crippen LogP contribution in [-0.2, 0) is 16.0 Å². The molecule has 0 radical (unpaired) electrons. The van der Waals surface area contributed by atoms with E-state index in [1.165, 1.54) is 13.2 Å². The SMILES string of the molecule is COC(=O)C1CC2(CCc3c(c(C)nc4c(F)cccc34)O2)CN1. The van der Waals surface area contributed by atoms with Crippen molar-refractivity contribution in [2.24, 2.45) is 0 Å². The van der Waals surface area contributed by atoms with Crippen LogP contribution in [0.3, 0.4) is 0 Å². The van der Waals surface area contributed by atoms with Crippen molar-refractivity contribution in [1.29, 1.82) is 0 Å².